The van der Waals surface area contributed by atoms with E-state index in [2.05, 4.69) is 4.98 Å². The number of nitrogens with two attached hydrogens (primary N) is 1. The summed E-state index contributed by atoms with van der Waals surface area (Å²) in [7, 11) is -2.46. The van der Waals surface area contributed by atoms with Gasteiger partial charge in [-0.2, -0.15) is 13.2 Å². The minimum absolute atomic E-state index is 0.0267. The number of ether oxygens (including phenoxy) is 1. The molecule has 266 valence electrons. The molecule has 0 bridgehead atoms. The number of carbonyl (C=O) groups is 3. The molecule has 12 nitrogen and oxygen atoms in total. The van der Waals surface area contributed by atoms with Gasteiger partial charge in [-0.15, -0.1) is 0 Å². The van der Waals surface area contributed by atoms with Crippen LogP contribution in [0.1, 0.15) is 36.6 Å². The SMILES string of the molecule is CCS(=O)(=O)c1ccccc1C1C(C(=O)O)CCN1C(=O)[C@H](c1ccc(F)c(OC)c1)N(N)c1ccc2cnccc2c1.O=C(O)C(F)(F)F. The fraction of sp³-hybridized carbons (Fsp3) is 0.273. The average molecular weight is 721 g/mol. The van der Waals surface area contributed by atoms with Crippen LogP contribution in [0.5, 0.6) is 5.75 Å². The number of nitrogens with zero attached hydrogens (tertiary/aromatic N) is 3. The van der Waals surface area contributed by atoms with Gasteiger partial charge in [0.15, 0.2) is 21.4 Å². The molecule has 0 radical (unpaired) electrons. The van der Waals surface area contributed by atoms with E-state index in [1.165, 1.54) is 48.2 Å². The Hall–Kier alpha value is -5.29. The highest BCUT2D eigenvalue weighted by atomic mass is 32.2. The number of alkyl halides is 3. The number of likely N-dealkylation sites (tertiary alicyclic amines) is 1. The Balaban J connectivity index is 0.000000727. The van der Waals surface area contributed by atoms with Crippen LogP contribution >= 0.6 is 0 Å². The number of carbonyl (C=O) groups excluding carboxylic acids is 1. The van der Waals surface area contributed by atoms with Crippen molar-refractivity contribution in [2.45, 2.75) is 36.5 Å². The number of carboxylic acid groups (broad SMARTS) is 2. The highest BCUT2D eigenvalue weighted by Gasteiger charge is 2.46. The number of fused-ring (bicyclic) bond motifs is 1. The Morgan fingerprint density at radius 1 is 1.06 bits per heavy atom. The van der Waals surface area contributed by atoms with Crippen LogP contribution in [0.25, 0.3) is 10.8 Å². The molecule has 5 rings (SSSR count). The zero-order chi connectivity index (χ0) is 37.0. The number of rotatable bonds is 9. The molecule has 0 saturated carbocycles. The molecule has 4 aromatic rings. The zero-order valence-electron chi connectivity index (χ0n) is 26.5. The van der Waals surface area contributed by atoms with Gasteiger partial charge in [-0.05, 0) is 59.3 Å². The molecule has 2 unspecified atom stereocenters. The molecule has 1 fully saturated rings. The van der Waals surface area contributed by atoms with Gasteiger partial charge in [0.2, 0.25) is 0 Å². The Kier molecular flexibility index (Phi) is 11.3. The van der Waals surface area contributed by atoms with Crippen molar-refractivity contribution in [1.82, 2.24) is 9.88 Å². The van der Waals surface area contributed by atoms with E-state index >= 15 is 0 Å². The zero-order valence-corrected chi connectivity index (χ0v) is 27.4. The Morgan fingerprint density at radius 3 is 2.36 bits per heavy atom. The van der Waals surface area contributed by atoms with Crippen molar-refractivity contribution >= 4 is 44.1 Å². The number of sulfone groups is 1. The molecule has 1 amide bonds. The fourth-order valence-corrected chi connectivity index (χ4v) is 6.80. The van der Waals surface area contributed by atoms with E-state index in [1.54, 1.807) is 54.9 Å². The second kappa shape index (κ2) is 15.1. The summed E-state index contributed by atoms with van der Waals surface area (Å²) in [6.07, 6.45) is -1.67. The summed E-state index contributed by atoms with van der Waals surface area (Å²) < 4.78 is 77.5. The van der Waals surface area contributed by atoms with Gasteiger partial charge in [-0.1, -0.05) is 37.3 Å². The van der Waals surface area contributed by atoms with Crippen molar-refractivity contribution < 1.29 is 55.3 Å². The van der Waals surface area contributed by atoms with Crippen molar-refractivity contribution in [1.29, 1.82) is 0 Å². The smallest absolute Gasteiger partial charge is 0.490 e. The molecule has 3 aromatic carbocycles. The lowest BCUT2D eigenvalue weighted by atomic mass is 9.93. The maximum Gasteiger partial charge on any atom is 0.490 e. The third-order valence-corrected chi connectivity index (χ3v) is 9.92. The molecule has 4 N–H and O–H groups in total. The Labute approximate surface area is 283 Å². The molecule has 0 spiro atoms. The first-order valence-corrected chi connectivity index (χ1v) is 16.5. The van der Waals surface area contributed by atoms with Gasteiger partial charge in [-0.25, -0.2) is 23.4 Å². The topological polar surface area (TPSA) is 180 Å². The molecule has 1 aromatic heterocycles. The van der Waals surface area contributed by atoms with Crippen LogP contribution in [0.4, 0.5) is 23.2 Å². The lowest BCUT2D eigenvalue weighted by Crippen LogP contribution is -2.47. The fourth-order valence-electron chi connectivity index (χ4n) is 5.65. The van der Waals surface area contributed by atoms with E-state index in [9.17, 15) is 40.7 Å². The Bertz CT molecular complexity index is 2010. The molecule has 3 atom stereocenters. The van der Waals surface area contributed by atoms with Crippen LogP contribution in [0.15, 0.2) is 84.0 Å². The monoisotopic (exact) mass is 720 g/mol. The first-order valence-electron chi connectivity index (χ1n) is 14.9. The van der Waals surface area contributed by atoms with Crippen LogP contribution in [0.3, 0.4) is 0 Å². The number of anilines is 1. The van der Waals surface area contributed by atoms with E-state index in [1.807, 2.05) is 0 Å². The molecule has 1 aliphatic rings. The molecule has 0 aliphatic carbocycles. The van der Waals surface area contributed by atoms with Gasteiger partial charge >= 0.3 is 18.1 Å². The Morgan fingerprint density at radius 2 is 1.74 bits per heavy atom. The van der Waals surface area contributed by atoms with E-state index < -0.39 is 57.7 Å². The molecule has 1 saturated heterocycles. The van der Waals surface area contributed by atoms with Crippen molar-refractivity contribution in [2.24, 2.45) is 11.8 Å². The highest BCUT2D eigenvalue weighted by Crippen LogP contribution is 2.43. The van der Waals surface area contributed by atoms with Crippen molar-refractivity contribution in [3.63, 3.8) is 0 Å². The third kappa shape index (κ3) is 7.94. The van der Waals surface area contributed by atoms with Crippen LogP contribution in [-0.4, -0.2) is 71.9 Å². The molecule has 1 aliphatic heterocycles. The second-order valence-corrected chi connectivity index (χ2v) is 13.3. The largest absolute Gasteiger partial charge is 0.494 e. The number of aromatic nitrogens is 1. The number of carboxylic acids is 2. The number of methoxy groups -OCH3 is 1. The van der Waals surface area contributed by atoms with Crippen LogP contribution in [0, 0.1) is 11.7 Å². The lowest BCUT2D eigenvalue weighted by molar-refractivity contribution is -0.192. The van der Waals surface area contributed by atoms with Gasteiger partial charge in [0.1, 0.15) is 6.04 Å². The summed E-state index contributed by atoms with van der Waals surface area (Å²) in [6, 6.07) is 14.9. The summed E-state index contributed by atoms with van der Waals surface area (Å²) in [5.74, 6) is 0.182. The number of benzene rings is 3. The predicted octanol–water partition coefficient (Wildman–Crippen LogP) is 4.91. The number of aliphatic carboxylic acids is 2. The van der Waals surface area contributed by atoms with Crippen LogP contribution in [-0.2, 0) is 24.2 Å². The van der Waals surface area contributed by atoms with Crippen molar-refractivity contribution in [3.05, 3.63) is 96.1 Å². The number of halogens is 4. The number of hydrogen-bond acceptors (Lipinski definition) is 9. The minimum Gasteiger partial charge on any atom is -0.494 e. The van der Waals surface area contributed by atoms with Gasteiger partial charge in [0, 0.05) is 24.3 Å². The third-order valence-electron chi connectivity index (χ3n) is 8.12. The van der Waals surface area contributed by atoms with E-state index in [0.717, 1.165) is 10.8 Å². The molecule has 2 heterocycles. The highest BCUT2D eigenvalue weighted by molar-refractivity contribution is 7.91. The van der Waals surface area contributed by atoms with Crippen molar-refractivity contribution in [2.75, 3.05) is 24.4 Å². The van der Waals surface area contributed by atoms with Gasteiger partial charge in [0.25, 0.3) is 5.91 Å². The molecular formula is C33H32F4N4O8S. The summed E-state index contributed by atoms with van der Waals surface area (Å²) in [5, 5.41) is 20.2. The number of pyridine rings is 1. The van der Waals surface area contributed by atoms with Crippen LogP contribution in [0.2, 0.25) is 0 Å². The number of amides is 1. The van der Waals surface area contributed by atoms with E-state index in [-0.39, 0.29) is 34.9 Å². The van der Waals surface area contributed by atoms with E-state index in [4.69, 9.17) is 20.5 Å². The quantitative estimate of drug-likeness (QED) is 0.122. The first-order chi connectivity index (χ1) is 23.5. The summed E-state index contributed by atoms with van der Waals surface area (Å²) in [5.41, 5.74) is 0.979. The maximum atomic E-state index is 14.6. The molecule has 50 heavy (non-hydrogen) atoms. The van der Waals surface area contributed by atoms with Gasteiger partial charge in [-0.3, -0.25) is 19.6 Å². The molecular weight excluding hydrogens is 688 g/mol. The molecule has 17 heteroatoms. The van der Waals surface area contributed by atoms with Gasteiger partial charge in [0.05, 0.1) is 35.4 Å². The number of hydrazine groups is 1. The second-order valence-electron chi connectivity index (χ2n) is 11.1. The minimum atomic E-state index is -5.08. The standard InChI is InChI=1S/C31H31FN4O6S.C2HF3O2/c1-3-43(40,41)27-7-5-4-6-23(27)29-24(31(38)39)13-15-35(29)30(37)28(20-9-11-25(32)26(17-20)42-2)36(33)22-10-8-21-18-34-14-12-19(21)16-22;3-2(4,5)1(6)7/h4-12,14,16-18,24,28-29H,3,13,15,33H2,1-2H3,(H,38,39);(H,6,7)/t24?,28-,29?;/m0./s1. The van der Waals surface area contributed by atoms with E-state index in [0.29, 0.717) is 11.3 Å². The predicted molar refractivity (Wildman–Crippen MR) is 172 cm³/mol. The summed E-state index contributed by atoms with van der Waals surface area (Å²) in [4.78, 5) is 41.4. The van der Waals surface area contributed by atoms with Crippen LogP contribution < -0.4 is 15.6 Å². The maximum absolute atomic E-state index is 14.6. The number of hydrogen-bond donors (Lipinski definition) is 3. The first kappa shape index (κ1) is 37.5. The van der Waals surface area contributed by atoms with Gasteiger partial charge < -0.3 is 19.8 Å². The van der Waals surface area contributed by atoms with Crippen molar-refractivity contribution in [3.8, 4) is 5.75 Å². The average Bonchev–Trinajstić information content (AvgIpc) is 3.54. The summed E-state index contributed by atoms with van der Waals surface area (Å²) in [6.45, 7) is 1.54. The summed E-state index contributed by atoms with van der Waals surface area (Å²) >= 11 is 0. The lowest BCUT2D eigenvalue weighted by Gasteiger charge is -2.36. The normalized spacial score (nSPS) is 16.7.